The first kappa shape index (κ1) is 12.6. The van der Waals surface area contributed by atoms with E-state index in [1.165, 1.54) is 6.92 Å². The normalized spacial score (nSPS) is 9.76. The highest BCUT2D eigenvalue weighted by Gasteiger charge is 2.21. The third-order valence-electron chi connectivity index (χ3n) is 1.85. The second-order valence-corrected chi connectivity index (χ2v) is 3.17. The van der Waals surface area contributed by atoms with E-state index < -0.39 is 29.2 Å². The van der Waals surface area contributed by atoms with Gasteiger partial charge in [-0.05, 0) is 13.0 Å². The molecule has 0 saturated carbocycles. The van der Waals surface area contributed by atoms with E-state index in [9.17, 15) is 14.4 Å². The van der Waals surface area contributed by atoms with Crippen molar-refractivity contribution in [3.63, 3.8) is 0 Å². The Balaban J connectivity index is 3.39. The number of pyridine rings is 1. The standard InChI is InChI=1S/C10H9NO6/c1-4-7(17-5(2)12)3-6(9(13)14)8(11-4)10(15)16/h3H,1-2H3,(H,13,14)(H,15,16). The molecule has 17 heavy (non-hydrogen) atoms. The third kappa shape index (κ3) is 2.77. The zero-order chi connectivity index (χ0) is 13.2. The van der Waals surface area contributed by atoms with Gasteiger partial charge in [0.15, 0.2) is 11.4 Å². The Hall–Kier alpha value is -2.44. The molecular weight excluding hydrogens is 230 g/mol. The van der Waals surface area contributed by atoms with Crippen LogP contribution in [0.4, 0.5) is 0 Å². The average molecular weight is 239 g/mol. The smallest absolute Gasteiger partial charge is 0.355 e. The van der Waals surface area contributed by atoms with E-state index in [0.717, 1.165) is 13.0 Å². The average Bonchev–Trinajstić information content (AvgIpc) is 2.19. The number of hydrogen-bond acceptors (Lipinski definition) is 5. The molecule has 0 bridgehead atoms. The molecule has 0 aliphatic heterocycles. The molecule has 7 heteroatoms. The van der Waals surface area contributed by atoms with Gasteiger partial charge in [-0.15, -0.1) is 0 Å². The van der Waals surface area contributed by atoms with Crippen LogP contribution < -0.4 is 4.74 Å². The van der Waals surface area contributed by atoms with Gasteiger partial charge >= 0.3 is 17.9 Å². The van der Waals surface area contributed by atoms with E-state index in [0.29, 0.717) is 0 Å². The van der Waals surface area contributed by atoms with Gasteiger partial charge in [-0.2, -0.15) is 0 Å². The van der Waals surface area contributed by atoms with Crippen molar-refractivity contribution >= 4 is 17.9 Å². The van der Waals surface area contributed by atoms with Gasteiger partial charge in [-0.1, -0.05) is 0 Å². The molecule has 0 aliphatic carbocycles. The Morgan fingerprint density at radius 3 is 2.24 bits per heavy atom. The number of rotatable bonds is 3. The Bertz CT molecular complexity index is 508. The predicted octanol–water partition coefficient (Wildman–Crippen LogP) is 0.712. The summed E-state index contributed by atoms with van der Waals surface area (Å²) < 4.78 is 4.71. The Morgan fingerprint density at radius 2 is 1.82 bits per heavy atom. The fourth-order valence-corrected chi connectivity index (χ4v) is 1.17. The largest absolute Gasteiger partial charge is 0.478 e. The number of carbonyl (C=O) groups is 3. The lowest BCUT2D eigenvalue weighted by Crippen LogP contribution is -2.13. The number of aromatic nitrogens is 1. The van der Waals surface area contributed by atoms with Crippen LogP contribution in [0.5, 0.6) is 5.75 Å². The summed E-state index contributed by atoms with van der Waals surface area (Å²) >= 11 is 0. The topological polar surface area (TPSA) is 114 Å². The number of nitrogens with zero attached hydrogens (tertiary/aromatic N) is 1. The van der Waals surface area contributed by atoms with Gasteiger partial charge in [-0.3, -0.25) is 4.79 Å². The summed E-state index contributed by atoms with van der Waals surface area (Å²) in [5, 5.41) is 17.6. The molecule has 2 N–H and O–H groups in total. The molecule has 0 aromatic carbocycles. The molecule has 0 radical (unpaired) electrons. The van der Waals surface area contributed by atoms with Crippen molar-refractivity contribution in [1.82, 2.24) is 4.98 Å². The molecule has 90 valence electrons. The molecule has 1 aromatic heterocycles. The van der Waals surface area contributed by atoms with Crippen LogP contribution in [0.1, 0.15) is 33.5 Å². The van der Waals surface area contributed by atoms with Crippen molar-refractivity contribution in [3.05, 3.63) is 23.0 Å². The Kier molecular flexibility index (Phi) is 3.42. The summed E-state index contributed by atoms with van der Waals surface area (Å²) in [5.41, 5.74) is -0.993. The van der Waals surface area contributed by atoms with Crippen LogP contribution in [-0.2, 0) is 4.79 Å². The van der Waals surface area contributed by atoms with Gasteiger partial charge in [0.05, 0.1) is 11.3 Å². The Morgan fingerprint density at radius 1 is 1.24 bits per heavy atom. The second kappa shape index (κ2) is 4.60. The van der Waals surface area contributed by atoms with E-state index in [4.69, 9.17) is 14.9 Å². The summed E-state index contributed by atoms with van der Waals surface area (Å²) in [6.07, 6.45) is 0. The molecular formula is C10H9NO6. The molecule has 7 nitrogen and oxygen atoms in total. The van der Waals surface area contributed by atoms with Gasteiger partial charge < -0.3 is 14.9 Å². The number of carboxylic acid groups (broad SMARTS) is 2. The number of aromatic carboxylic acids is 2. The summed E-state index contributed by atoms with van der Waals surface area (Å²) in [7, 11) is 0. The number of hydrogen-bond donors (Lipinski definition) is 2. The van der Waals surface area contributed by atoms with Crippen LogP contribution in [0.25, 0.3) is 0 Å². The SMILES string of the molecule is CC(=O)Oc1cc(C(=O)O)c(C(=O)O)nc1C. The van der Waals surface area contributed by atoms with Gasteiger partial charge in [0.1, 0.15) is 0 Å². The van der Waals surface area contributed by atoms with Crippen LogP contribution >= 0.6 is 0 Å². The maximum Gasteiger partial charge on any atom is 0.355 e. The van der Waals surface area contributed by atoms with Crippen LogP contribution in [0, 0.1) is 6.92 Å². The van der Waals surface area contributed by atoms with Gasteiger partial charge in [0.2, 0.25) is 0 Å². The first-order chi connectivity index (χ1) is 7.82. The second-order valence-electron chi connectivity index (χ2n) is 3.17. The van der Waals surface area contributed by atoms with E-state index in [1.807, 2.05) is 0 Å². The molecule has 1 rings (SSSR count). The number of ether oxygens (including phenoxy) is 1. The van der Waals surface area contributed by atoms with Crippen LogP contribution in [0.3, 0.4) is 0 Å². The summed E-state index contributed by atoms with van der Waals surface area (Å²) in [4.78, 5) is 36.0. The zero-order valence-corrected chi connectivity index (χ0v) is 9.05. The predicted molar refractivity (Wildman–Crippen MR) is 54.2 cm³/mol. The quantitative estimate of drug-likeness (QED) is 0.746. The minimum absolute atomic E-state index is 0.0695. The van der Waals surface area contributed by atoms with Crippen molar-refractivity contribution in [1.29, 1.82) is 0 Å². The highest BCUT2D eigenvalue weighted by Crippen LogP contribution is 2.20. The number of esters is 1. The summed E-state index contributed by atoms with van der Waals surface area (Å²) in [6, 6.07) is 0.968. The zero-order valence-electron chi connectivity index (χ0n) is 9.05. The van der Waals surface area contributed by atoms with Gasteiger partial charge in [0, 0.05) is 6.92 Å². The van der Waals surface area contributed by atoms with E-state index in [2.05, 4.69) is 4.98 Å². The molecule has 0 saturated heterocycles. The highest BCUT2D eigenvalue weighted by molar-refractivity contribution is 6.00. The lowest BCUT2D eigenvalue weighted by atomic mass is 10.1. The lowest BCUT2D eigenvalue weighted by molar-refractivity contribution is -0.131. The maximum absolute atomic E-state index is 10.8. The van der Waals surface area contributed by atoms with Gasteiger partial charge in [0.25, 0.3) is 0 Å². The van der Waals surface area contributed by atoms with E-state index in [1.54, 1.807) is 0 Å². The number of carboxylic acids is 2. The van der Waals surface area contributed by atoms with E-state index >= 15 is 0 Å². The number of aryl methyl sites for hydroxylation is 1. The van der Waals surface area contributed by atoms with Crippen LogP contribution in [0.15, 0.2) is 6.07 Å². The van der Waals surface area contributed by atoms with Crippen molar-refractivity contribution in [2.24, 2.45) is 0 Å². The molecule has 0 amide bonds. The molecule has 0 fully saturated rings. The van der Waals surface area contributed by atoms with Crippen LogP contribution in [0.2, 0.25) is 0 Å². The third-order valence-corrected chi connectivity index (χ3v) is 1.85. The fourth-order valence-electron chi connectivity index (χ4n) is 1.17. The minimum Gasteiger partial charge on any atom is -0.478 e. The van der Waals surface area contributed by atoms with Crippen molar-refractivity contribution in [2.45, 2.75) is 13.8 Å². The summed E-state index contributed by atoms with van der Waals surface area (Å²) in [5.74, 6) is -3.63. The van der Waals surface area contributed by atoms with Gasteiger partial charge in [-0.25, -0.2) is 14.6 Å². The van der Waals surface area contributed by atoms with E-state index in [-0.39, 0.29) is 11.4 Å². The molecule has 0 spiro atoms. The number of carbonyl (C=O) groups excluding carboxylic acids is 1. The molecule has 0 aliphatic rings. The minimum atomic E-state index is -1.46. The van der Waals surface area contributed by atoms with Crippen molar-refractivity contribution in [3.8, 4) is 5.75 Å². The first-order valence-electron chi connectivity index (χ1n) is 4.49. The monoisotopic (exact) mass is 239 g/mol. The Labute approximate surface area is 95.7 Å². The summed E-state index contributed by atoms with van der Waals surface area (Å²) in [6.45, 7) is 2.56. The lowest BCUT2D eigenvalue weighted by Gasteiger charge is -2.08. The maximum atomic E-state index is 10.8. The van der Waals surface area contributed by atoms with Crippen LogP contribution in [-0.4, -0.2) is 33.1 Å². The fraction of sp³-hybridized carbons (Fsp3) is 0.200. The first-order valence-corrected chi connectivity index (χ1v) is 4.49. The van der Waals surface area contributed by atoms with Crippen molar-refractivity contribution in [2.75, 3.05) is 0 Å². The molecule has 1 heterocycles. The molecule has 0 atom stereocenters. The van der Waals surface area contributed by atoms with Crippen molar-refractivity contribution < 1.29 is 29.3 Å². The molecule has 0 unspecified atom stereocenters. The molecule has 1 aromatic rings. The highest BCUT2D eigenvalue weighted by atomic mass is 16.5.